The molecule has 1 N–H and O–H groups in total. The smallest absolute Gasteiger partial charge is 0.270 e. The second kappa shape index (κ2) is 5.76. The fourth-order valence-corrected chi connectivity index (χ4v) is 2.83. The number of rotatable bonds is 4. The van der Waals surface area contributed by atoms with E-state index < -0.39 is 0 Å². The van der Waals surface area contributed by atoms with Crippen LogP contribution in [0.3, 0.4) is 0 Å². The van der Waals surface area contributed by atoms with Crippen molar-refractivity contribution in [3.63, 3.8) is 0 Å². The minimum Gasteiger partial charge on any atom is -0.342 e. The number of aromatic nitrogens is 1. The SMILES string of the molecule is CCn1cc(Cl)cc1C(=O)N1CCCC1CNC. The van der Waals surface area contributed by atoms with Crippen LogP contribution in [0.4, 0.5) is 0 Å². The Labute approximate surface area is 113 Å². The average molecular weight is 270 g/mol. The largest absolute Gasteiger partial charge is 0.342 e. The summed E-state index contributed by atoms with van der Waals surface area (Å²) in [6.07, 6.45) is 3.98. The second-order valence-electron chi connectivity index (χ2n) is 4.68. The van der Waals surface area contributed by atoms with Crippen LogP contribution in [0.25, 0.3) is 0 Å². The summed E-state index contributed by atoms with van der Waals surface area (Å²) in [6.45, 7) is 4.48. The maximum Gasteiger partial charge on any atom is 0.270 e. The summed E-state index contributed by atoms with van der Waals surface area (Å²) in [7, 11) is 1.92. The summed E-state index contributed by atoms with van der Waals surface area (Å²) in [5, 5.41) is 3.78. The molecule has 0 spiro atoms. The molecule has 0 saturated carbocycles. The van der Waals surface area contributed by atoms with Gasteiger partial charge in [0.25, 0.3) is 5.91 Å². The lowest BCUT2D eigenvalue weighted by Gasteiger charge is -2.24. The van der Waals surface area contributed by atoms with Gasteiger partial charge in [-0.3, -0.25) is 4.79 Å². The van der Waals surface area contributed by atoms with Crippen molar-refractivity contribution in [3.05, 3.63) is 23.0 Å². The van der Waals surface area contributed by atoms with Crippen LogP contribution in [-0.4, -0.2) is 41.6 Å². The van der Waals surface area contributed by atoms with Crippen molar-refractivity contribution in [2.45, 2.75) is 32.4 Å². The molecule has 1 aliphatic rings. The number of nitrogens with one attached hydrogen (secondary N) is 1. The van der Waals surface area contributed by atoms with Gasteiger partial charge in [-0.2, -0.15) is 0 Å². The third-order valence-electron chi connectivity index (χ3n) is 3.50. The summed E-state index contributed by atoms with van der Waals surface area (Å²) in [5.74, 6) is 0.0986. The molecule has 100 valence electrons. The van der Waals surface area contributed by atoms with Crippen molar-refractivity contribution in [1.82, 2.24) is 14.8 Å². The van der Waals surface area contributed by atoms with Crippen molar-refractivity contribution >= 4 is 17.5 Å². The van der Waals surface area contributed by atoms with Gasteiger partial charge in [0.15, 0.2) is 0 Å². The van der Waals surface area contributed by atoms with Gasteiger partial charge in [0.05, 0.1) is 5.02 Å². The molecule has 0 radical (unpaired) electrons. The summed E-state index contributed by atoms with van der Waals surface area (Å²) >= 11 is 5.99. The third-order valence-corrected chi connectivity index (χ3v) is 3.71. The van der Waals surface area contributed by atoms with Crippen molar-refractivity contribution in [2.24, 2.45) is 0 Å². The maximum atomic E-state index is 12.5. The molecule has 18 heavy (non-hydrogen) atoms. The fourth-order valence-electron chi connectivity index (χ4n) is 2.61. The number of likely N-dealkylation sites (N-methyl/N-ethyl adjacent to an activating group) is 1. The zero-order valence-electron chi connectivity index (χ0n) is 10.9. The van der Waals surface area contributed by atoms with Gasteiger partial charge >= 0.3 is 0 Å². The Morgan fingerprint density at radius 1 is 1.61 bits per heavy atom. The van der Waals surface area contributed by atoms with Crippen LogP contribution in [0.15, 0.2) is 12.3 Å². The van der Waals surface area contributed by atoms with Crippen molar-refractivity contribution in [3.8, 4) is 0 Å². The molecule has 1 aromatic heterocycles. The topological polar surface area (TPSA) is 37.3 Å². The Kier molecular flexibility index (Phi) is 4.30. The van der Waals surface area contributed by atoms with Gasteiger partial charge in [-0.1, -0.05) is 11.6 Å². The minimum atomic E-state index is 0.0986. The molecule has 1 unspecified atom stereocenters. The summed E-state index contributed by atoms with van der Waals surface area (Å²) < 4.78 is 1.92. The number of likely N-dealkylation sites (tertiary alicyclic amines) is 1. The van der Waals surface area contributed by atoms with E-state index in [0.29, 0.717) is 16.8 Å². The Morgan fingerprint density at radius 2 is 2.39 bits per heavy atom. The van der Waals surface area contributed by atoms with Crippen LogP contribution < -0.4 is 5.32 Å². The van der Waals surface area contributed by atoms with E-state index in [1.54, 1.807) is 6.07 Å². The van der Waals surface area contributed by atoms with E-state index in [2.05, 4.69) is 5.32 Å². The van der Waals surface area contributed by atoms with Crippen LogP contribution in [0.5, 0.6) is 0 Å². The van der Waals surface area contributed by atoms with Crippen molar-refractivity contribution < 1.29 is 4.79 Å². The molecular formula is C13H20ClN3O. The van der Waals surface area contributed by atoms with E-state index in [1.807, 2.05) is 29.6 Å². The Bertz CT molecular complexity index is 430. The number of halogens is 1. The van der Waals surface area contributed by atoms with E-state index in [9.17, 15) is 4.79 Å². The normalized spacial score (nSPS) is 19.5. The van der Waals surface area contributed by atoms with Gasteiger partial charge in [-0.25, -0.2) is 0 Å². The van der Waals surface area contributed by atoms with E-state index in [0.717, 1.165) is 32.5 Å². The number of hydrogen-bond donors (Lipinski definition) is 1. The molecule has 0 aliphatic carbocycles. The van der Waals surface area contributed by atoms with Gasteiger partial charge in [-0.05, 0) is 32.9 Å². The number of aryl methyl sites for hydroxylation is 1. The van der Waals surface area contributed by atoms with Crippen LogP contribution in [0.1, 0.15) is 30.3 Å². The highest BCUT2D eigenvalue weighted by Gasteiger charge is 2.30. The molecule has 0 aromatic carbocycles. The van der Waals surface area contributed by atoms with Gasteiger partial charge in [-0.15, -0.1) is 0 Å². The predicted octanol–water partition coefficient (Wildman–Crippen LogP) is 1.99. The molecule has 1 fully saturated rings. The molecule has 1 aromatic rings. The van der Waals surface area contributed by atoms with Crippen LogP contribution in [0, 0.1) is 0 Å². The monoisotopic (exact) mass is 269 g/mol. The first-order valence-electron chi connectivity index (χ1n) is 6.48. The second-order valence-corrected chi connectivity index (χ2v) is 5.12. The lowest BCUT2D eigenvalue weighted by molar-refractivity contribution is 0.0726. The maximum absolute atomic E-state index is 12.5. The number of carbonyl (C=O) groups excluding carboxylic acids is 1. The van der Waals surface area contributed by atoms with Gasteiger partial charge in [0.1, 0.15) is 5.69 Å². The Morgan fingerprint density at radius 3 is 3.06 bits per heavy atom. The quantitative estimate of drug-likeness (QED) is 0.908. The van der Waals surface area contributed by atoms with Gasteiger partial charge in [0, 0.05) is 31.9 Å². The lowest BCUT2D eigenvalue weighted by atomic mass is 10.2. The zero-order valence-corrected chi connectivity index (χ0v) is 11.7. The number of carbonyl (C=O) groups is 1. The highest BCUT2D eigenvalue weighted by molar-refractivity contribution is 6.31. The highest BCUT2D eigenvalue weighted by atomic mass is 35.5. The molecule has 1 saturated heterocycles. The predicted molar refractivity (Wildman–Crippen MR) is 73.1 cm³/mol. The first-order chi connectivity index (χ1) is 8.67. The highest BCUT2D eigenvalue weighted by Crippen LogP contribution is 2.22. The Hall–Kier alpha value is -1.00. The average Bonchev–Trinajstić information content (AvgIpc) is 2.95. The number of nitrogens with zero attached hydrogens (tertiary/aromatic N) is 2. The first kappa shape index (κ1) is 13.4. The molecule has 1 atom stereocenters. The fraction of sp³-hybridized carbons (Fsp3) is 0.615. The molecule has 1 amide bonds. The third kappa shape index (κ3) is 2.54. The number of amides is 1. The molecule has 2 rings (SSSR count). The van der Waals surface area contributed by atoms with Crippen LogP contribution in [-0.2, 0) is 6.54 Å². The molecule has 2 heterocycles. The molecule has 1 aliphatic heterocycles. The van der Waals surface area contributed by atoms with Crippen LogP contribution in [0.2, 0.25) is 5.02 Å². The van der Waals surface area contributed by atoms with Crippen molar-refractivity contribution in [2.75, 3.05) is 20.1 Å². The Balaban J connectivity index is 2.19. The van der Waals surface area contributed by atoms with E-state index in [4.69, 9.17) is 11.6 Å². The summed E-state index contributed by atoms with van der Waals surface area (Å²) in [5.41, 5.74) is 0.700. The van der Waals surface area contributed by atoms with Crippen LogP contribution >= 0.6 is 11.6 Å². The number of hydrogen-bond acceptors (Lipinski definition) is 2. The molecule has 4 nitrogen and oxygen atoms in total. The van der Waals surface area contributed by atoms with Gasteiger partial charge < -0.3 is 14.8 Å². The van der Waals surface area contributed by atoms with Crippen molar-refractivity contribution in [1.29, 1.82) is 0 Å². The standard InChI is InChI=1S/C13H20ClN3O/c1-3-16-9-10(14)7-12(16)13(18)17-6-4-5-11(17)8-15-2/h7,9,11,15H,3-6,8H2,1-2H3. The lowest BCUT2D eigenvalue weighted by Crippen LogP contribution is -2.41. The summed E-state index contributed by atoms with van der Waals surface area (Å²) in [6, 6.07) is 2.07. The molecule has 5 heteroatoms. The van der Waals surface area contributed by atoms with E-state index in [1.165, 1.54) is 0 Å². The molecular weight excluding hydrogens is 250 g/mol. The first-order valence-corrected chi connectivity index (χ1v) is 6.86. The van der Waals surface area contributed by atoms with E-state index >= 15 is 0 Å². The summed E-state index contributed by atoms with van der Waals surface area (Å²) in [4.78, 5) is 14.5. The zero-order chi connectivity index (χ0) is 13.1. The van der Waals surface area contributed by atoms with E-state index in [-0.39, 0.29) is 5.91 Å². The minimum absolute atomic E-state index is 0.0986. The van der Waals surface area contributed by atoms with Gasteiger partial charge in [0.2, 0.25) is 0 Å². The molecule has 0 bridgehead atoms.